The molecule has 0 atom stereocenters. The molecular formula is C18H12ClN3O5. The van der Waals surface area contributed by atoms with Gasteiger partial charge in [-0.25, -0.2) is 9.48 Å². The summed E-state index contributed by atoms with van der Waals surface area (Å²) in [7, 11) is 0. The fourth-order valence-electron chi connectivity index (χ4n) is 2.51. The second-order valence-electron chi connectivity index (χ2n) is 5.61. The van der Waals surface area contributed by atoms with E-state index in [1.54, 1.807) is 6.07 Å². The van der Waals surface area contributed by atoms with Crippen molar-refractivity contribution in [1.29, 1.82) is 0 Å². The van der Waals surface area contributed by atoms with Crippen molar-refractivity contribution in [3.05, 3.63) is 89.7 Å². The van der Waals surface area contributed by atoms with Crippen LogP contribution in [0.4, 0.5) is 5.69 Å². The summed E-state index contributed by atoms with van der Waals surface area (Å²) in [5, 5.41) is 23.4. The van der Waals surface area contributed by atoms with Gasteiger partial charge in [-0.1, -0.05) is 24.2 Å². The molecule has 0 spiro atoms. The number of nitro benzene ring substituents is 1. The number of aromatic amines is 1. The first kappa shape index (κ1) is 18.2. The number of nitrogens with zero attached hydrogens (tertiary/aromatic N) is 2. The number of rotatable bonds is 4. The highest BCUT2D eigenvalue weighted by atomic mass is 35.5. The zero-order chi connectivity index (χ0) is 19.7. The third kappa shape index (κ3) is 3.51. The van der Waals surface area contributed by atoms with Gasteiger partial charge in [-0.2, -0.15) is 0 Å². The van der Waals surface area contributed by atoms with Crippen LogP contribution in [0.1, 0.15) is 15.9 Å². The summed E-state index contributed by atoms with van der Waals surface area (Å²) >= 11 is 6.08. The van der Waals surface area contributed by atoms with Crippen molar-refractivity contribution in [2.24, 2.45) is 0 Å². The number of aromatic nitrogens is 2. The van der Waals surface area contributed by atoms with Crippen molar-refractivity contribution in [2.75, 3.05) is 0 Å². The number of benzene rings is 2. The van der Waals surface area contributed by atoms with E-state index in [-0.39, 0.29) is 26.8 Å². The van der Waals surface area contributed by atoms with Crippen molar-refractivity contribution in [3.8, 4) is 5.69 Å². The number of halogens is 1. The summed E-state index contributed by atoms with van der Waals surface area (Å²) in [5.74, 6) is -1.12. The van der Waals surface area contributed by atoms with Gasteiger partial charge in [-0.3, -0.25) is 20.0 Å². The normalized spacial score (nSPS) is 11.5. The topological polar surface area (TPSA) is 118 Å². The van der Waals surface area contributed by atoms with Crippen molar-refractivity contribution < 1.29 is 14.8 Å². The molecule has 9 heteroatoms. The molecule has 2 aromatic carbocycles. The van der Waals surface area contributed by atoms with Gasteiger partial charge in [0.25, 0.3) is 11.2 Å². The molecule has 3 aromatic rings. The van der Waals surface area contributed by atoms with Crippen molar-refractivity contribution >= 4 is 35.9 Å². The molecule has 0 aliphatic rings. The van der Waals surface area contributed by atoms with Crippen molar-refractivity contribution in [3.63, 3.8) is 0 Å². The van der Waals surface area contributed by atoms with Crippen molar-refractivity contribution in [2.45, 2.75) is 0 Å². The number of aromatic carboxylic acids is 1. The maximum atomic E-state index is 12.7. The lowest BCUT2D eigenvalue weighted by Crippen LogP contribution is -2.34. The summed E-state index contributed by atoms with van der Waals surface area (Å²) in [6.07, 6.45) is 1.40. The molecule has 0 unspecified atom stereocenters. The molecule has 0 radical (unpaired) electrons. The molecule has 1 aromatic heterocycles. The predicted octanol–water partition coefficient (Wildman–Crippen LogP) is 1.66. The molecule has 3 rings (SSSR count). The average Bonchev–Trinajstić information content (AvgIpc) is 2.91. The minimum atomic E-state index is -1.12. The van der Waals surface area contributed by atoms with Crippen LogP contribution in [0.5, 0.6) is 0 Å². The molecule has 136 valence electrons. The van der Waals surface area contributed by atoms with Crippen LogP contribution < -0.4 is 16.1 Å². The quantitative estimate of drug-likeness (QED) is 0.523. The first-order valence-corrected chi connectivity index (χ1v) is 7.95. The highest BCUT2D eigenvalue weighted by Crippen LogP contribution is 2.22. The van der Waals surface area contributed by atoms with Gasteiger partial charge < -0.3 is 5.11 Å². The zero-order valence-corrected chi connectivity index (χ0v) is 14.4. The second kappa shape index (κ2) is 6.93. The maximum Gasteiger partial charge on any atom is 0.335 e. The Labute approximate surface area is 156 Å². The zero-order valence-electron chi connectivity index (χ0n) is 13.7. The fourth-order valence-corrected chi connectivity index (χ4v) is 2.69. The Balaban J connectivity index is 2.20. The van der Waals surface area contributed by atoms with Gasteiger partial charge >= 0.3 is 5.97 Å². The molecule has 0 aliphatic carbocycles. The van der Waals surface area contributed by atoms with Crippen LogP contribution in [-0.2, 0) is 0 Å². The number of carboxylic acids is 1. The Hall–Kier alpha value is -3.65. The lowest BCUT2D eigenvalue weighted by atomic mass is 10.1. The van der Waals surface area contributed by atoms with E-state index in [1.807, 2.05) is 0 Å². The second-order valence-corrected chi connectivity index (χ2v) is 6.01. The number of non-ortho nitro benzene ring substituents is 1. The highest BCUT2D eigenvalue weighted by molar-refractivity contribution is 6.32. The molecule has 0 fully saturated rings. The summed E-state index contributed by atoms with van der Waals surface area (Å²) in [6.45, 7) is 3.77. The largest absolute Gasteiger partial charge is 0.478 e. The van der Waals surface area contributed by atoms with Crippen LogP contribution in [0, 0.1) is 10.1 Å². The van der Waals surface area contributed by atoms with Crippen LogP contribution >= 0.6 is 11.6 Å². The van der Waals surface area contributed by atoms with Crippen LogP contribution in [0.3, 0.4) is 0 Å². The molecule has 27 heavy (non-hydrogen) atoms. The molecule has 0 amide bonds. The number of carboxylic acid groups (broad SMARTS) is 1. The number of hydrogen-bond donors (Lipinski definition) is 2. The van der Waals surface area contributed by atoms with Gasteiger partial charge in [-0.05, 0) is 30.3 Å². The third-order valence-corrected chi connectivity index (χ3v) is 4.19. The fraction of sp³-hybridized carbons (Fsp3) is 0. The molecule has 0 aliphatic heterocycles. The number of H-pyrrole nitrogens is 1. The van der Waals surface area contributed by atoms with E-state index in [2.05, 4.69) is 11.7 Å². The Bertz CT molecular complexity index is 1240. The van der Waals surface area contributed by atoms with E-state index in [0.29, 0.717) is 11.3 Å². The molecule has 0 saturated carbocycles. The lowest BCUT2D eigenvalue weighted by molar-refractivity contribution is -0.384. The lowest BCUT2D eigenvalue weighted by Gasteiger charge is -2.02. The number of carbonyl (C=O) groups is 1. The summed E-state index contributed by atoms with van der Waals surface area (Å²) in [6, 6.07) is 9.70. The van der Waals surface area contributed by atoms with Crippen LogP contribution in [0.25, 0.3) is 18.3 Å². The van der Waals surface area contributed by atoms with Gasteiger partial charge in [0.1, 0.15) is 0 Å². The Morgan fingerprint density at radius 3 is 2.70 bits per heavy atom. The van der Waals surface area contributed by atoms with Crippen LogP contribution in [0.15, 0.2) is 47.3 Å². The molecule has 0 bridgehead atoms. The van der Waals surface area contributed by atoms with Crippen LogP contribution in [-0.4, -0.2) is 25.8 Å². The van der Waals surface area contributed by atoms with Crippen molar-refractivity contribution in [1.82, 2.24) is 9.78 Å². The highest BCUT2D eigenvalue weighted by Gasteiger charge is 2.11. The molecule has 2 N–H and O–H groups in total. The van der Waals surface area contributed by atoms with Gasteiger partial charge in [0.15, 0.2) is 0 Å². The Morgan fingerprint density at radius 1 is 1.30 bits per heavy atom. The molecule has 8 nitrogen and oxygen atoms in total. The minimum absolute atomic E-state index is 0.0203. The molecular weight excluding hydrogens is 374 g/mol. The minimum Gasteiger partial charge on any atom is -0.478 e. The van der Waals surface area contributed by atoms with E-state index in [4.69, 9.17) is 16.7 Å². The van der Waals surface area contributed by atoms with E-state index in [9.17, 15) is 19.7 Å². The predicted molar refractivity (Wildman–Crippen MR) is 99.8 cm³/mol. The Kier molecular flexibility index (Phi) is 4.66. The first-order chi connectivity index (χ1) is 12.8. The molecule has 0 saturated heterocycles. The van der Waals surface area contributed by atoms with E-state index in [1.165, 1.54) is 42.5 Å². The monoisotopic (exact) mass is 385 g/mol. The number of hydrogen-bond acceptors (Lipinski definition) is 4. The summed E-state index contributed by atoms with van der Waals surface area (Å²) < 4.78 is 1.14. The summed E-state index contributed by atoms with van der Waals surface area (Å²) in [4.78, 5) is 34.2. The van der Waals surface area contributed by atoms with E-state index < -0.39 is 16.5 Å². The number of nitro groups is 1. The van der Waals surface area contributed by atoms with Gasteiger partial charge in [0, 0.05) is 22.7 Å². The van der Waals surface area contributed by atoms with Crippen LogP contribution in [0.2, 0.25) is 5.02 Å². The van der Waals surface area contributed by atoms with Gasteiger partial charge in [-0.15, -0.1) is 0 Å². The van der Waals surface area contributed by atoms with Gasteiger partial charge in [0.2, 0.25) is 0 Å². The van der Waals surface area contributed by atoms with E-state index >= 15 is 0 Å². The maximum absolute atomic E-state index is 12.7. The third-order valence-electron chi connectivity index (χ3n) is 3.85. The summed E-state index contributed by atoms with van der Waals surface area (Å²) in [5.41, 5.74) is -0.0360. The molecule has 1 heterocycles. The first-order valence-electron chi connectivity index (χ1n) is 7.57. The SMILES string of the molecule is C=c1[nH]n(-c2cccc(C(=O)O)c2)c(=O)/c1=C\c1cc([N+](=O)[O-])ccc1Cl. The smallest absolute Gasteiger partial charge is 0.335 e. The number of nitrogens with one attached hydrogen (secondary N) is 1. The van der Waals surface area contributed by atoms with E-state index in [0.717, 1.165) is 4.68 Å². The van der Waals surface area contributed by atoms with Gasteiger partial charge in [0.05, 0.1) is 26.7 Å². The average molecular weight is 386 g/mol. The standard InChI is InChI=1S/C18H12ClN3O5/c1-10-15(9-12-8-14(22(26)27)5-6-16(12)19)17(23)21(20-10)13-4-2-3-11(7-13)18(24)25/h2-9,20H,1H2,(H,24,25)/b15-9-. The Morgan fingerprint density at radius 2 is 2.04 bits per heavy atom.